The number of carbonyl (C=O) groups excluding carboxylic acids is 3. The zero-order valence-electron chi connectivity index (χ0n) is 34.9. The highest BCUT2D eigenvalue weighted by Gasteiger charge is 2.39. The second-order valence-corrected chi connectivity index (χ2v) is 6.90. The Bertz CT molecular complexity index is 1860. The van der Waals surface area contributed by atoms with E-state index in [1.54, 1.807) is 5.32 Å². The average Bonchev–Trinajstić information content (AvgIpc) is 3.15. The molecule has 0 radical (unpaired) electrons. The first-order chi connectivity index (χ1) is 23.2. The third-order valence-corrected chi connectivity index (χ3v) is 4.79. The Hall–Kier alpha value is -3.30. The topological polar surface area (TPSA) is 91.0 Å². The molecule has 178 valence electrons. The summed E-state index contributed by atoms with van der Waals surface area (Å²) in [5.74, 6) is -6.40. The number of hydrogen-bond donors (Lipinski definition) is 2. The van der Waals surface area contributed by atoms with Crippen molar-refractivity contribution in [3.8, 4) is 0 Å². The molecule has 2 fully saturated rings. The number of benzene rings is 2. The maximum atomic E-state index is 16.3. The van der Waals surface area contributed by atoms with Gasteiger partial charge in [0, 0.05) is 80.5 Å². The van der Waals surface area contributed by atoms with Crippen molar-refractivity contribution in [2.24, 2.45) is 0 Å². The summed E-state index contributed by atoms with van der Waals surface area (Å²) in [5, 5.41) is 3.75. The van der Waals surface area contributed by atoms with Crippen molar-refractivity contribution in [2.45, 2.75) is 38.3 Å². The number of hydrogen-bond acceptors (Lipinski definition) is 6. The fourth-order valence-corrected chi connectivity index (χ4v) is 3.25. The van der Waals surface area contributed by atoms with Gasteiger partial charge in [0.05, 0.1) is 24.1 Å². The Morgan fingerprint density at radius 3 is 2.74 bits per heavy atom. The maximum Gasteiger partial charge on any atom is 0.255 e. The van der Waals surface area contributed by atoms with Crippen LogP contribution in [0.15, 0.2) is 36.4 Å². The van der Waals surface area contributed by atoms with Gasteiger partial charge >= 0.3 is 0 Å². The van der Waals surface area contributed by atoms with Crippen molar-refractivity contribution < 1.29 is 48.2 Å². The van der Waals surface area contributed by atoms with Gasteiger partial charge < -0.3 is 15.0 Å². The van der Waals surface area contributed by atoms with Crippen LogP contribution in [0.3, 0.4) is 0 Å². The fraction of sp³-hybridized carbons (Fsp3) is 0.400. The van der Waals surface area contributed by atoms with Gasteiger partial charge in [0.2, 0.25) is 11.8 Å². The van der Waals surface area contributed by atoms with Crippen molar-refractivity contribution in [3.63, 3.8) is 0 Å². The first-order valence-electron chi connectivity index (χ1n) is 18.7. The first-order valence-corrected chi connectivity index (χ1v) is 9.65. The largest absolute Gasteiger partial charge is 0.381 e. The minimum atomic E-state index is -3.82. The molecule has 0 aliphatic carbocycles. The van der Waals surface area contributed by atoms with Gasteiger partial charge in [-0.05, 0) is 18.5 Å². The lowest BCUT2D eigenvalue weighted by molar-refractivity contribution is -0.136. The molecule has 3 heterocycles. The molecule has 1 unspecified atom stereocenters. The van der Waals surface area contributed by atoms with Gasteiger partial charge in [0.1, 0.15) is 11.9 Å². The molecule has 2 saturated heterocycles. The zero-order chi connectivity index (χ0) is 39.8. The Morgan fingerprint density at radius 2 is 1.91 bits per heavy atom. The van der Waals surface area contributed by atoms with Gasteiger partial charge in [-0.15, -0.1) is 0 Å². The molecule has 0 spiro atoms. The minimum absolute atomic E-state index is 0.0509. The first kappa shape index (κ1) is 9.75. The van der Waals surface area contributed by atoms with Gasteiger partial charge in [-0.1, -0.05) is 24.3 Å². The molecule has 1 atom stereocenters. The molecule has 9 heteroatoms. The summed E-state index contributed by atoms with van der Waals surface area (Å²) in [6, 6.07) is 2.81. The Kier molecular flexibility index (Phi) is 2.73. The normalized spacial score (nSPS) is 40.0. The molecular formula is C25H27FN4O4. The van der Waals surface area contributed by atoms with Crippen LogP contribution in [0.5, 0.6) is 0 Å². The van der Waals surface area contributed by atoms with E-state index in [0.717, 1.165) is 30.3 Å². The van der Waals surface area contributed by atoms with Crippen LogP contribution in [0, 0.1) is 5.82 Å². The van der Waals surface area contributed by atoms with Crippen molar-refractivity contribution in [2.75, 3.05) is 31.4 Å². The van der Waals surface area contributed by atoms with Crippen LogP contribution in [0.2, 0.25) is 0 Å². The smallest absolute Gasteiger partial charge is 0.255 e. The summed E-state index contributed by atoms with van der Waals surface area (Å²) in [6.07, 6.45) is -6.93. The second-order valence-electron chi connectivity index (χ2n) is 6.90. The van der Waals surface area contributed by atoms with Gasteiger partial charge in [-0.3, -0.25) is 24.6 Å². The molecule has 34 heavy (non-hydrogen) atoms. The molecule has 3 amide bonds. The minimum Gasteiger partial charge on any atom is -0.381 e. The molecule has 2 aromatic carbocycles. The summed E-state index contributed by atoms with van der Waals surface area (Å²) in [6.45, 7) is -25.3. The lowest BCUT2D eigenvalue weighted by Gasteiger charge is -2.29. The number of nitrogens with zero attached hydrogens (tertiary/aromatic N) is 2. The molecule has 2 N–H and O–H groups in total. The van der Waals surface area contributed by atoms with Gasteiger partial charge in [-0.2, -0.15) is 0 Å². The van der Waals surface area contributed by atoms with E-state index in [1.165, 1.54) is 0 Å². The van der Waals surface area contributed by atoms with Crippen molar-refractivity contribution in [1.29, 1.82) is 0 Å². The Morgan fingerprint density at radius 1 is 1.15 bits per heavy atom. The molecule has 2 aromatic rings. The lowest BCUT2D eigenvalue weighted by atomic mass is 10.0. The van der Waals surface area contributed by atoms with Gasteiger partial charge in [0.25, 0.3) is 5.91 Å². The number of rotatable bonds is 6. The summed E-state index contributed by atoms with van der Waals surface area (Å²) in [4.78, 5) is 38.0. The molecule has 3 aliphatic rings. The molecular weight excluding hydrogens is 439 g/mol. The summed E-state index contributed by atoms with van der Waals surface area (Å²) in [5.41, 5.74) is -4.27. The van der Waals surface area contributed by atoms with Gasteiger partial charge in [0.15, 0.2) is 0 Å². The third-order valence-electron chi connectivity index (χ3n) is 4.79. The molecule has 0 aromatic heterocycles. The van der Waals surface area contributed by atoms with Crippen molar-refractivity contribution in [1.82, 2.24) is 15.1 Å². The van der Waals surface area contributed by atoms with E-state index in [2.05, 4.69) is 10.1 Å². The number of amides is 3. The Balaban J connectivity index is 1.58. The number of nitrogens with one attached hydrogen (secondary N) is 2. The van der Waals surface area contributed by atoms with Crippen LogP contribution in [0.4, 0.5) is 10.1 Å². The van der Waals surface area contributed by atoms with Crippen LogP contribution in [-0.2, 0) is 33.8 Å². The van der Waals surface area contributed by atoms with Crippen molar-refractivity contribution >= 4 is 23.4 Å². The standard InChI is InChI=1S/C25H27FN4O4/c26-23-16(3-1-4-17(23)14-29-9-11-34-12-10-29)13-27-20-6-2-5-18-19(20)15-30(25(18)33)21-7-8-22(31)28-24(21)32/h1-6,21,27H,7-15H2,(H,28,31,32)/i7D2,8D2,9D2,10D2,11D2,12D2,13D2,14D2,15D2. The highest BCUT2D eigenvalue weighted by atomic mass is 19.1. The van der Waals surface area contributed by atoms with E-state index in [-0.39, 0.29) is 4.90 Å². The van der Waals surface area contributed by atoms with E-state index < -0.39 is 121 Å². The number of halogens is 1. The number of anilines is 1. The summed E-state index contributed by atoms with van der Waals surface area (Å²) in [7, 11) is 0. The molecule has 0 bridgehead atoms. The van der Waals surface area contributed by atoms with Gasteiger partial charge in [-0.25, -0.2) is 4.39 Å². The molecule has 3 aliphatic heterocycles. The fourth-order valence-electron chi connectivity index (χ4n) is 3.25. The monoisotopic (exact) mass is 484 g/mol. The number of piperidine rings is 1. The van der Waals surface area contributed by atoms with Crippen LogP contribution in [0.25, 0.3) is 0 Å². The molecule has 0 saturated carbocycles. The predicted octanol–water partition coefficient (Wildman–Crippen LogP) is 2.03. The van der Waals surface area contributed by atoms with Crippen LogP contribution in [0.1, 0.15) is 64.5 Å². The van der Waals surface area contributed by atoms with Crippen LogP contribution in [-0.4, -0.2) is 59.7 Å². The number of ether oxygens (including phenoxy) is 1. The SMILES string of the molecule is [2H]C([2H])(Nc1cccc2c1C([2H])([2H])N(C1C(=O)NC(=O)C([2H])([2H])C1([2H])[2H])C2=O)c1cccc(C([2H])([2H])N2C([2H])([2H])C([2H])([2H])OC([2H])([2H])C2([2H])[2H])c1F. The summed E-state index contributed by atoms with van der Waals surface area (Å²) >= 11 is 0. The maximum absolute atomic E-state index is 16.3. The van der Waals surface area contributed by atoms with E-state index in [9.17, 15) is 14.4 Å². The summed E-state index contributed by atoms with van der Waals surface area (Å²) < 4.78 is 169. The van der Waals surface area contributed by atoms with E-state index in [4.69, 9.17) is 24.7 Å². The van der Waals surface area contributed by atoms with Crippen molar-refractivity contribution in [3.05, 3.63) is 64.5 Å². The average molecular weight is 485 g/mol. The molecule has 8 nitrogen and oxygen atoms in total. The van der Waals surface area contributed by atoms with E-state index in [0.29, 0.717) is 6.07 Å². The van der Waals surface area contributed by atoms with E-state index >= 15 is 4.39 Å². The zero-order valence-corrected chi connectivity index (χ0v) is 16.9. The number of imide groups is 1. The predicted molar refractivity (Wildman–Crippen MR) is 122 cm³/mol. The highest BCUT2D eigenvalue weighted by Crippen LogP contribution is 2.32. The molecule has 5 rings (SSSR count). The number of morpholine rings is 1. The Labute approximate surface area is 222 Å². The van der Waals surface area contributed by atoms with Crippen LogP contribution >= 0.6 is 0 Å². The second kappa shape index (κ2) is 9.52. The number of fused-ring (bicyclic) bond motifs is 1. The lowest BCUT2D eigenvalue weighted by Crippen LogP contribution is -2.52. The number of carbonyl (C=O) groups is 3. The highest BCUT2D eigenvalue weighted by molar-refractivity contribution is 6.06. The van der Waals surface area contributed by atoms with Crippen LogP contribution < -0.4 is 10.6 Å². The third kappa shape index (κ3) is 4.41. The van der Waals surface area contributed by atoms with E-state index in [1.807, 2.05) is 0 Å². The quantitative estimate of drug-likeness (QED) is 0.610.